The fourth-order valence-electron chi connectivity index (χ4n) is 2.76. The number of hydrogen-bond donors (Lipinski definition) is 2. The molecule has 1 rings (SSSR count). The van der Waals surface area contributed by atoms with Crippen molar-refractivity contribution < 1.29 is 19.1 Å². The molecule has 0 saturated carbocycles. The van der Waals surface area contributed by atoms with Gasteiger partial charge < -0.3 is 20.7 Å². The van der Waals surface area contributed by atoms with Gasteiger partial charge in [0.2, 0.25) is 11.8 Å². The smallest absolute Gasteiger partial charge is 0.264 e. The Labute approximate surface area is 171 Å². The molecule has 0 bridgehead atoms. The Morgan fingerprint density at radius 3 is 2.46 bits per heavy atom. The van der Waals surface area contributed by atoms with Crippen LogP contribution in [-0.4, -0.2) is 47.9 Å². The highest BCUT2D eigenvalue weighted by atomic mass is 35.5. The Kier molecular flexibility index (Phi) is 9.79. The number of halogens is 1. The van der Waals surface area contributed by atoms with Gasteiger partial charge in [-0.25, -0.2) is 0 Å². The van der Waals surface area contributed by atoms with Gasteiger partial charge in [0.1, 0.15) is 11.8 Å². The molecule has 3 amide bonds. The number of amides is 3. The van der Waals surface area contributed by atoms with Crippen molar-refractivity contribution in [2.24, 2.45) is 5.73 Å². The Balaban J connectivity index is 2.96. The predicted octanol–water partition coefficient (Wildman–Crippen LogP) is 2.42. The minimum absolute atomic E-state index is 0.173. The number of hydrogen-bond acceptors (Lipinski definition) is 4. The summed E-state index contributed by atoms with van der Waals surface area (Å²) in [5, 5.41) is 3.28. The van der Waals surface area contributed by atoms with E-state index in [1.165, 1.54) is 4.90 Å². The molecule has 0 aliphatic rings. The van der Waals surface area contributed by atoms with Gasteiger partial charge in [-0.05, 0) is 50.5 Å². The number of primary amides is 1. The number of benzene rings is 1. The third-order valence-electron chi connectivity index (χ3n) is 4.19. The molecular weight excluding hydrogens is 382 g/mol. The van der Waals surface area contributed by atoms with E-state index in [0.717, 1.165) is 12.0 Å². The van der Waals surface area contributed by atoms with Crippen LogP contribution in [0.15, 0.2) is 18.2 Å². The van der Waals surface area contributed by atoms with Crippen molar-refractivity contribution in [2.75, 3.05) is 13.1 Å². The number of ether oxygens (including phenoxy) is 1. The van der Waals surface area contributed by atoms with Gasteiger partial charge >= 0.3 is 0 Å². The SMILES string of the molecule is CCCNC(=O)C[C@H](C(N)=O)N(CCC)C(=O)[C@H](C)Oc1ccc(Cl)cc1C. The van der Waals surface area contributed by atoms with E-state index >= 15 is 0 Å². The van der Waals surface area contributed by atoms with Gasteiger partial charge in [-0.2, -0.15) is 0 Å². The molecule has 0 fully saturated rings. The highest BCUT2D eigenvalue weighted by Gasteiger charge is 2.33. The average molecular weight is 412 g/mol. The molecule has 0 unspecified atom stereocenters. The number of rotatable bonds is 11. The van der Waals surface area contributed by atoms with Crippen molar-refractivity contribution >= 4 is 29.3 Å². The summed E-state index contributed by atoms with van der Waals surface area (Å²) in [6, 6.07) is 4.08. The lowest BCUT2D eigenvalue weighted by atomic mass is 10.1. The Morgan fingerprint density at radius 1 is 1.25 bits per heavy atom. The maximum Gasteiger partial charge on any atom is 0.264 e. The molecule has 8 heteroatoms. The lowest BCUT2D eigenvalue weighted by molar-refractivity contribution is -0.146. The summed E-state index contributed by atoms with van der Waals surface area (Å²) in [7, 11) is 0. The normalized spacial score (nSPS) is 12.8. The van der Waals surface area contributed by atoms with Gasteiger partial charge in [0.05, 0.1) is 6.42 Å². The molecule has 28 heavy (non-hydrogen) atoms. The van der Waals surface area contributed by atoms with Crippen LogP contribution >= 0.6 is 11.6 Å². The molecular formula is C20H30ClN3O4. The summed E-state index contributed by atoms with van der Waals surface area (Å²) >= 11 is 5.95. The van der Waals surface area contributed by atoms with Crippen LogP contribution in [0, 0.1) is 6.92 Å². The third-order valence-corrected chi connectivity index (χ3v) is 4.43. The molecule has 0 spiro atoms. The van der Waals surface area contributed by atoms with Gasteiger partial charge in [0.25, 0.3) is 5.91 Å². The second-order valence-corrected chi connectivity index (χ2v) is 7.11. The quantitative estimate of drug-likeness (QED) is 0.583. The first-order valence-corrected chi connectivity index (χ1v) is 9.88. The lowest BCUT2D eigenvalue weighted by Gasteiger charge is -2.31. The molecule has 0 aliphatic carbocycles. The maximum atomic E-state index is 13.0. The summed E-state index contributed by atoms with van der Waals surface area (Å²) in [4.78, 5) is 38.4. The molecule has 1 aromatic rings. The second kappa shape index (κ2) is 11.5. The van der Waals surface area contributed by atoms with Gasteiger partial charge in [-0.1, -0.05) is 25.4 Å². The Morgan fingerprint density at radius 2 is 1.93 bits per heavy atom. The standard InChI is InChI=1S/C20H30ClN3O4/c1-5-9-23-18(25)12-16(19(22)26)24(10-6-2)20(27)14(4)28-17-8-7-15(21)11-13(17)3/h7-8,11,14,16H,5-6,9-10,12H2,1-4H3,(H2,22,26)(H,23,25)/t14-,16+/m0/s1. The van der Waals surface area contributed by atoms with E-state index in [2.05, 4.69) is 5.32 Å². The van der Waals surface area contributed by atoms with Crippen molar-refractivity contribution in [3.05, 3.63) is 28.8 Å². The van der Waals surface area contributed by atoms with E-state index in [1.807, 2.05) is 20.8 Å². The van der Waals surface area contributed by atoms with E-state index in [0.29, 0.717) is 30.3 Å². The number of nitrogens with one attached hydrogen (secondary N) is 1. The first-order valence-electron chi connectivity index (χ1n) is 9.50. The average Bonchev–Trinajstić information content (AvgIpc) is 2.64. The highest BCUT2D eigenvalue weighted by Crippen LogP contribution is 2.23. The summed E-state index contributed by atoms with van der Waals surface area (Å²) < 4.78 is 5.79. The van der Waals surface area contributed by atoms with E-state index in [9.17, 15) is 14.4 Å². The summed E-state index contributed by atoms with van der Waals surface area (Å²) in [6.45, 7) is 8.03. The molecule has 0 aliphatic heterocycles. The van der Waals surface area contributed by atoms with Crippen LogP contribution < -0.4 is 15.8 Å². The lowest BCUT2D eigenvalue weighted by Crippen LogP contribution is -2.53. The van der Waals surface area contributed by atoms with Crippen LogP contribution in [0.4, 0.5) is 0 Å². The molecule has 0 radical (unpaired) electrons. The monoisotopic (exact) mass is 411 g/mol. The summed E-state index contributed by atoms with van der Waals surface area (Å²) in [6.07, 6.45) is 0.356. The van der Waals surface area contributed by atoms with Crippen molar-refractivity contribution in [3.63, 3.8) is 0 Å². The summed E-state index contributed by atoms with van der Waals surface area (Å²) in [5.74, 6) is -0.911. The van der Waals surface area contributed by atoms with E-state index < -0.39 is 24.0 Å². The minimum atomic E-state index is -1.03. The van der Waals surface area contributed by atoms with Crippen molar-refractivity contribution in [2.45, 2.75) is 59.1 Å². The zero-order valence-corrected chi connectivity index (χ0v) is 17.7. The third kappa shape index (κ3) is 7.03. The molecule has 3 N–H and O–H groups in total. The first kappa shape index (κ1) is 23.8. The Bertz CT molecular complexity index is 696. The van der Waals surface area contributed by atoms with Crippen LogP contribution in [0.1, 0.15) is 45.6 Å². The molecule has 2 atom stereocenters. The van der Waals surface area contributed by atoms with Crippen LogP contribution in [0.5, 0.6) is 5.75 Å². The minimum Gasteiger partial charge on any atom is -0.481 e. The van der Waals surface area contributed by atoms with Crippen molar-refractivity contribution in [1.82, 2.24) is 10.2 Å². The van der Waals surface area contributed by atoms with Crippen LogP contribution in [0.2, 0.25) is 5.02 Å². The molecule has 0 saturated heterocycles. The number of nitrogens with zero attached hydrogens (tertiary/aromatic N) is 1. The number of carbonyl (C=O) groups excluding carboxylic acids is 3. The van der Waals surface area contributed by atoms with Crippen LogP contribution in [0.25, 0.3) is 0 Å². The molecule has 1 aromatic carbocycles. The molecule has 0 heterocycles. The van der Waals surface area contributed by atoms with Crippen LogP contribution in [0.3, 0.4) is 0 Å². The largest absolute Gasteiger partial charge is 0.481 e. The summed E-state index contributed by atoms with van der Waals surface area (Å²) in [5.41, 5.74) is 6.30. The van der Waals surface area contributed by atoms with E-state index in [4.69, 9.17) is 22.1 Å². The van der Waals surface area contributed by atoms with E-state index in [-0.39, 0.29) is 12.3 Å². The first-order chi connectivity index (χ1) is 13.2. The fourth-order valence-corrected chi connectivity index (χ4v) is 2.98. The van der Waals surface area contributed by atoms with Gasteiger partial charge in [-0.3, -0.25) is 14.4 Å². The predicted molar refractivity (Wildman–Crippen MR) is 109 cm³/mol. The van der Waals surface area contributed by atoms with Crippen molar-refractivity contribution in [1.29, 1.82) is 0 Å². The number of carbonyl (C=O) groups is 3. The zero-order chi connectivity index (χ0) is 21.3. The second-order valence-electron chi connectivity index (χ2n) is 6.67. The zero-order valence-electron chi connectivity index (χ0n) is 17.0. The van der Waals surface area contributed by atoms with Gasteiger partial charge in [0, 0.05) is 18.1 Å². The van der Waals surface area contributed by atoms with Gasteiger partial charge in [-0.15, -0.1) is 0 Å². The fraction of sp³-hybridized carbons (Fsp3) is 0.550. The Hall–Kier alpha value is -2.28. The van der Waals surface area contributed by atoms with E-state index in [1.54, 1.807) is 25.1 Å². The topological polar surface area (TPSA) is 102 Å². The van der Waals surface area contributed by atoms with Gasteiger partial charge in [0.15, 0.2) is 6.10 Å². The molecule has 7 nitrogen and oxygen atoms in total. The molecule has 0 aromatic heterocycles. The highest BCUT2D eigenvalue weighted by molar-refractivity contribution is 6.30. The maximum absolute atomic E-state index is 13.0. The number of nitrogens with two attached hydrogens (primary N) is 1. The van der Waals surface area contributed by atoms with Crippen LogP contribution in [-0.2, 0) is 14.4 Å². The van der Waals surface area contributed by atoms with Crippen molar-refractivity contribution in [3.8, 4) is 5.75 Å². The molecule has 156 valence electrons. The number of aryl methyl sites for hydroxylation is 1.